The van der Waals surface area contributed by atoms with Crippen molar-refractivity contribution in [2.45, 2.75) is 32.7 Å². The molecule has 1 aromatic carbocycles. The largest absolute Gasteiger partial charge is 0.368 e. The maximum absolute atomic E-state index is 11.5. The Kier molecular flexibility index (Phi) is 2.76. The molecule has 0 heterocycles. The number of ketones is 1. The molecule has 0 radical (unpaired) electrons. The van der Waals surface area contributed by atoms with Gasteiger partial charge in [0, 0.05) is 23.8 Å². The summed E-state index contributed by atoms with van der Waals surface area (Å²) in [5, 5.41) is 0. The number of hydrogen-bond acceptors (Lipinski definition) is 2. The quantitative estimate of drug-likeness (QED) is 0.701. The molecule has 0 atom stereocenters. The summed E-state index contributed by atoms with van der Waals surface area (Å²) in [6.45, 7) is 4.77. The Hall–Kier alpha value is -1.31. The first-order valence-electron chi connectivity index (χ1n) is 5.60. The lowest BCUT2D eigenvalue weighted by Gasteiger charge is -2.24. The van der Waals surface area contributed by atoms with Gasteiger partial charge in [0.25, 0.3) is 0 Å². The van der Waals surface area contributed by atoms with Crippen molar-refractivity contribution in [3.05, 3.63) is 29.8 Å². The highest BCUT2D eigenvalue weighted by Gasteiger charge is 2.29. The van der Waals surface area contributed by atoms with E-state index in [9.17, 15) is 4.79 Å². The fourth-order valence-corrected chi connectivity index (χ4v) is 2.03. The van der Waals surface area contributed by atoms with Crippen molar-refractivity contribution in [2.24, 2.45) is 0 Å². The minimum atomic E-state index is 0.157. The van der Waals surface area contributed by atoms with Crippen molar-refractivity contribution in [3.8, 4) is 0 Å². The maximum atomic E-state index is 11.5. The minimum absolute atomic E-state index is 0.157. The molecule has 1 saturated carbocycles. The van der Waals surface area contributed by atoms with Crippen molar-refractivity contribution in [1.29, 1.82) is 0 Å². The molecule has 0 amide bonds. The van der Waals surface area contributed by atoms with Crippen LogP contribution in [0.5, 0.6) is 0 Å². The number of carbonyl (C=O) groups is 1. The highest BCUT2D eigenvalue weighted by atomic mass is 16.1. The Balaban J connectivity index is 2.36. The number of anilines is 1. The summed E-state index contributed by atoms with van der Waals surface area (Å²) in [7, 11) is 0. The van der Waals surface area contributed by atoms with Crippen LogP contribution in [0.1, 0.15) is 37.0 Å². The van der Waals surface area contributed by atoms with E-state index in [1.54, 1.807) is 6.92 Å². The second-order valence-corrected chi connectivity index (χ2v) is 4.09. The lowest BCUT2D eigenvalue weighted by Crippen LogP contribution is -2.26. The van der Waals surface area contributed by atoms with E-state index in [1.165, 1.54) is 12.8 Å². The first-order valence-corrected chi connectivity index (χ1v) is 5.60. The van der Waals surface area contributed by atoms with Gasteiger partial charge in [-0.1, -0.05) is 12.1 Å². The van der Waals surface area contributed by atoms with Crippen molar-refractivity contribution in [2.75, 3.05) is 11.4 Å². The van der Waals surface area contributed by atoms with Gasteiger partial charge in [-0.3, -0.25) is 4.79 Å². The number of Topliss-reactive ketones (excluding diaryl/α,β-unsaturated/α-hetero) is 1. The number of carbonyl (C=O) groups excluding carboxylic acids is 1. The van der Waals surface area contributed by atoms with E-state index in [1.807, 2.05) is 18.2 Å². The predicted molar refractivity (Wildman–Crippen MR) is 62.5 cm³/mol. The molecular weight excluding hydrogens is 186 g/mol. The summed E-state index contributed by atoms with van der Waals surface area (Å²) >= 11 is 0. The number of rotatable bonds is 4. The van der Waals surface area contributed by atoms with Crippen LogP contribution in [-0.4, -0.2) is 18.4 Å². The number of nitrogens with zero attached hydrogens (tertiary/aromatic N) is 1. The van der Waals surface area contributed by atoms with E-state index >= 15 is 0 Å². The van der Waals surface area contributed by atoms with Crippen LogP contribution in [0.25, 0.3) is 0 Å². The third-order valence-electron chi connectivity index (χ3n) is 2.92. The zero-order chi connectivity index (χ0) is 10.8. The van der Waals surface area contributed by atoms with Crippen molar-refractivity contribution in [3.63, 3.8) is 0 Å². The first-order chi connectivity index (χ1) is 7.24. The van der Waals surface area contributed by atoms with Crippen LogP contribution >= 0.6 is 0 Å². The van der Waals surface area contributed by atoms with Crippen LogP contribution in [0.4, 0.5) is 5.69 Å². The molecule has 0 saturated heterocycles. The molecule has 2 heteroatoms. The van der Waals surface area contributed by atoms with Gasteiger partial charge in [0.05, 0.1) is 0 Å². The van der Waals surface area contributed by atoms with Crippen LogP contribution in [0.3, 0.4) is 0 Å². The summed E-state index contributed by atoms with van der Waals surface area (Å²) in [5.74, 6) is 0.157. The van der Waals surface area contributed by atoms with Crippen LogP contribution < -0.4 is 4.90 Å². The van der Waals surface area contributed by atoms with Crippen molar-refractivity contribution >= 4 is 11.5 Å². The minimum Gasteiger partial charge on any atom is -0.368 e. The van der Waals surface area contributed by atoms with E-state index in [0.29, 0.717) is 6.04 Å². The fraction of sp³-hybridized carbons (Fsp3) is 0.462. The Bertz CT molecular complexity index is 369. The smallest absolute Gasteiger partial charge is 0.161 e. The van der Waals surface area contributed by atoms with Gasteiger partial charge >= 0.3 is 0 Å². The number of hydrogen-bond donors (Lipinski definition) is 0. The summed E-state index contributed by atoms with van der Waals surface area (Å²) < 4.78 is 0. The van der Waals surface area contributed by atoms with Gasteiger partial charge in [-0.05, 0) is 38.8 Å². The lowest BCUT2D eigenvalue weighted by atomic mass is 10.1. The molecule has 0 spiro atoms. The van der Waals surface area contributed by atoms with Gasteiger partial charge < -0.3 is 4.90 Å². The summed E-state index contributed by atoms with van der Waals surface area (Å²) in [6.07, 6.45) is 2.53. The predicted octanol–water partition coefficient (Wildman–Crippen LogP) is 2.88. The number of para-hydroxylation sites is 1. The molecule has 1 fully saturated rings. The van der Waals surface area contributed by atoms with Gasteiger partial charge in [-0.2, -0.15) is 0 Å². The molecule has 2 nitrogen and oxygen atoms in total. The highest BCUT2D eigenvalue weighted by molar-refractivity contribution is 5.99. The number of benzene rings is 1. The topological polar surface area (TPSA) is 20.3 Å². The molecule has 80 valence electrons. The van der Waals surface area contributed by atoms with Gasteiger partial charge in [0.15, 0.2) is 5.78 Å². The first kappa shape index (κ1) is 10.2. The van der Waals surface area contributed by atoms with E-state index in [0.717, 1.165) is 17.8 Å². The standard InChI is InChI=1S/C13H17NO/c1-3-14(11-8-9-11)13-7-5-4-6-12(13)10(2)15/h4-7,11H,3,8-9H2,1-2H3. The molecule has 1 aliphatic carbocycles. The van der Waals surface area contributed by atoms with E-state index in [-0.39, 0.29) is 5.78 Å². The average molecular weight is 203 g/mol. The highest BCUT2D eigenvalue weighted by Crippen LogP contribution is 2.33. The molecule has 0 N–H and O–H groups in total. The van der Waals surface area contributed by atoms with E-state index < -0.39 is 0 Å². The second kappa shape index (κ2) is 4.05. The molecule has 1 aromatic rings. The van der Waals surface area contributed by atoms with Gasteiger partial charge in [0.2, 0.25) is 0 Å². The van der Waals surface area contributed by atoms with Crippen LogP contribution in [0, 0.1) is 0 Å². The summed E-state index contributed by atoms with van der Waals surface area (Å²) in [6, 6.07) is 8.57. The van der Waals surface area contributed by atoms with Crippen molar-refractivity contribution < 1.29 is 4.79 Å². The SMILES string of the molecule is CCN(c1ccccc1C(C)=O)C1CC1. The lowest BCUT2D eigenvalue weighted by molar-refractivity contribution is 0.101. The summed E-state index contributed by atoms with van der Waals surface area (Å²) in [5.41, 5.74) is 1.96. The Morgan fingerprint density at radius 1 is 1.40 bits per heavy atom. The molecule has 1 aliphatic rings. The molecule has 2 rings (SSSR count). The van der Waals surface area contributed by atoms with E-state index in [4.69, 9.17) is 0 Å². The fourth-order valence-electron chi connectivity index (χ4n) is 2.03. The summed E-state index contributed by atoms with van der Waals surface area (Å²) in [4.78, 5) is 13.8. The van der Waals surface area contributed by atoms with Crippen LogP contribution in [-0.2, 0) is 0 Å². The van der Waals surface area contributed by atoms with Crippen LogP contribution in [0.2, 0.25) is 0 Å². The van der Waals surface area contributed by atoms with Gasteiger partial charge in [0.1, 0.15) is 0 Å². The Labute approximate surface area is 90.9 Å². The molecular formula is C13H17NO. The molecule has 15 heavy (non-hydrogen) atoms. The van der Waals surface area contributed by atoms with Gasteiger partial charge in [-0.15, -0.1) is 0 Å². The Morgan fingerprint density at radius 2 is 2.07 bits per heavy atom. The zero-order valence-corrected chi connectivity index (χ0v) is 9.36. The maximum Gasteiger partial charge on any atom is 0.161 e. The van der Waals surface area contributed by atoms with E-state index in [2.05, 4.69) is 17.9 Å². The molecule has 0 aromatic heterocycles. The third kappa shape index (κ3) is 2.04. The Morgan fingerprint density at radius 3 is 2.60 bits per heavy atom. The monoisotopic (exact) mass is 203 g/mol. The molecule has 0 aliphatic heterocycles. The average Bonchev–Trinajstić information content (AvgIpc) is 3.04. The third-order valence-corrected chi connectivity index (χ3v) is 2.92. The second-order valence-electron chi connectivity index (χ2n) is 4.09. The normalized spacial score (nSPS) is 15.1. The zero-order valence-electron chi connectivity index (χ0n) is 9.36. The molecule has 0 bridgehead atoms. The molecule has 0 unspecified atom stereocenters. The van der Waals surface area contributed by atoms with Crippen molar-refractivity contribution in [1.82, 2.24) is 0 Å². The van der Waals surface area contributed by atoms with Gasteiger partial charge in [-0.25, -0.2) is 0 Å². The van der Waals surface area contributed by atoms with Crippen LogP contribution in [0.15, 0.2) is 24.3 Å².